The number of carbonyl (C=O) groups excluding carboxylic acids is 2. The lowest BCUT2D eigenvalue weighted by Gasteiger charge is -2.19. The summed E-state index contributed by atoms with van der Waals surface area (Å²) < 4.78 is 6.98. The number of carbonyl (C=O) groups is 2. The molecule has 1 atom stereocenters. The van der Waals surface area contributed by atoms with Crippen LogP contribution < -0.4 is 15.4 Å². The standard InChI is InChI=1S/C25H23N5O3S/c1-33-21-14-12-20(13-15-21)30-17-26-29-25(30)34-16-22(31)28-23(18-8-4-2-5-9-18)24(32)27-19-10-6-3-7-11-19/h2-15,17,23H,16H2,1H3,(H,27,32)(H,28,31). The smallest absolute Gasteiger partial charge is 0.251 e. The van der Waals surface area contributed by atoms with Crippen molar-refractivity contribution in [2.75, 3.05) is 18.2 Å². The lowest BCUT2D eigenvalue weighted by atomic mass is 10.1. The van der Waals surface area contributed by atoms with Gasteiger partial charge in [0.1, 0.15) is 18.1 Å². The van der Waals surface area contributed by atoms with Gasteiger partial charge in [-0.1, -0.05) is 60.3 Å². The third-order valence-electron chi connectivity index (χ3n) is 4.94. The van der Waals surface area contributed by atoms with Gasteiger partial charge in [-0.15, -0.1) is 10.2 Å². The van der Waals surface area contributed by atoms with E-state index in [1.807, 2.05) is 72.8 Å². The molecule has 0 saturated carbocycles. The summed E-state index contributed by atoms with van der Waals surface area (Å²) in [5.74, 6) is 0.186. The molecular weight excluding hydrogens is 450 g/mol. The van der Waals surface area contributed by atoms with E-state index in [0.29, 0.717) is 16.4 Å². The second kappa shape index (κ2) is 11.2. The molecule has 0 spiro atoms. The quantitative estimate of drug-likeness (QED) is 0.358. The van der Waals surface area contributed by atoms with Gasteiger partial charge in [0.15, 0.2) is 5.16 Å². The molecule has 0 aliphatic heterocycles. The molecule has 4 aromatic rings. The van der Waals surface area contributed by atoms with Crippen LogP contribution in [0.2, 0.25) is 0 Å². The average molecular weight is 474 g/mol. The number of nitrogens with zero attached hydrogens (tertiary/aromatic N) is 3. The number of benzene rings is 3. The molecule has 2 amide bonds. The maximum atomic E-state index is 13.0. The van der Waals surface area contributed by atoms with Crippen LogP contribution in [0.25, 0.3) is 5.69 Å². The average Bonchev–Trinajstić information content (AvgIpc) is 3.36. The topological polar surface area (TPSA) is 98.1 Å². The van der Waals surface area contributed by atoms with E-state index in [-0.39, 0.29) is 17.6 Å². The van der Waals surface area contributed by atoms with Crippen molar-refractivity contribution in [3.8, 4) is 11.4 Å². The highest BCUT2D eigenvalue weighted by atomic mass is 32.2. The Morgan fingerprint density at radius 3 is 2.32 bits per heavy atom. The first-order chi connectivity index (χ1) is 16.6. The largest absolute Gasteiger partial charge is 0.497 e. The van der Waals surface area contributed by atoms with E-state index in [0.717, 1.165) is 11.4 Å². The Morgan fingerprint density at radius 2 is 1.65 bits per heavy atom. The van der Waals surface area contributed by atoms with Crippen LogP contribution in [0, 0.1) is 0 Å². The molecule has 0 radical (unpaired) electrons. The highest BCUT2D eigenvalue weighted by Crippen LogP contribution is 2.22. The van der Waals surface area contributed by atoms with Crippen LogP contribution in [0.15, 0.2) is 96.4 Å². The number of hydrogen-bond acceptors (Lipinski definition) is 6. The molecule has 0 bridgehead atoms. The minimum atomic E-state index is -0.839. The molecule has 2 N–H and O–H groups in total. The van der Waals surface area contributed by atoms with Crippen molar-refractivity contribution in [1.82, 2.24) is 20.1 Å². The minimum Gasteiger partial charge on any atom is -0.497 e. The number of ether oxygens (including phenoxy) is 1. The monoisotopic (exact) mass is 473 g/mol. The van der Waals surface area contributed by atoms with Crippen LogP contribution in [0.1, 0.15) is 11.6 Å². The van der Waals surface area contributed by atoms with Gasteiger partial charge in [0.2, 0.25) is 5.91 Å². The second-order valence-electron chi connectivity index (χ2n) is 7.24. The Hall–Kier alpha value is -4.11. The number of hydrogen-bond donors (Lipinski definition) is 2. The Labute approximate surface area is 201 Å². The summed E-state index contributed by atoms with van der Waals surface area (Å²) in [5, 5.41) is 14.4. The normalized spacial score (nSPS) is 11.4. The molecule has 9 heteroatoms. The Bertz CT molecular complexity index is 1230. The van der Waals surface area contributed by atoms with E-state index < -0.39 is 6.04 Å². The Morgan fingerprint density at radius 1 is 0.971 bits per heavy atom. The summed E-state index contributed by atoms with van der Waals surface area (Å²) in [4.78, 5) is 25.8. The zero-order valence-electron chi connectivity index (χ0n) is 18.4. The maximum absolute atomic E-state index is 13.0. The zero-order valence-corrected chi connectivity index (χ0v) is 19.2. The number of thioether (sulfide) groups is 1. The van der Waals surface area contributed by atoms with Crippen LogP contribution in [-0.2, 0) is 9.59 Å². The molecule has 34 heavy (non-hydrogen) atoms. The van der Waals surface area contributed by atoms with E-state index in [4.69, 9.17) is 4.74 Å². The van der Waals surface area contributed by atoms with Crippen molar-refractivity contribution in [1.29, 1.82) is 0 Å². The molecule has 1 heterocycles. The SMILES string of the molecule is COc1ccc(-n2cnnc2SCC(=O)NC(C(=O)Nc2ccccc2)c2ccccc2)cc1. The van der Waals surface area contributed by atoms with Crippen molar-refractivity contribution in [2.24, 2.45) is 0 Å². The molecule has 0 saturated heterocycles. The molecule has 0 aliphatic carbocycles. The summed E-state index contributed by atoms with van der Waals surface area (Å²) in [5.41, 5.74) is 2.19. The summed E-state index contributed by atoms with van der Waals surface area (Å²) in [6, 6.07) is 24.9. The number of para-hydroxylation sites is 1. The van der Waals surface area contributed by atoms with Gasteiger partial charge in [0.05, 0.1) is 12.9 Å². The first-order valence-corrected chi connectivity index (χ1v) is 11.5. The third kappa shape index (κ3) is 5.81. The summed E-state index contributed by atoms with van der Waals surface area (Å²) in [7, 11) is 1.61. The lowest BCUT2D eigenvalue weighted by molar-refractivity contribution is -0.125. The molecule has 1 aromatic heterocycles. The van der Waals surface area contributed by atoms with Gasteiger partial charge in [-0.25, -0.2) is 0 Å². The second-order valence-corrected chi connectivity index (χ2v) is 8.18. The van der Waals surface area contributed by atoms with E-state index >= 15 is 0 Å². The van der Waals surface area contributed by atoms with Crippen molar-refractivity contribution in [3.63, 3.8) is 0 Å². The van der Waals surface area contributed by atoms with Crippen molar-refractivity contribution in [3.05, 3.63) is 96.8 Å². The molecule has 3 aromatic carbocycles. The highest BCUT2D eigenvalue weighted by Gasteiger charge is 2.23. The van der Waals surface area contributed by atoms with Gasteiger partial charge >= 0.3 is 0 Å². The van der Waals surface area contributed by atoms with Gasteiger partial charge < -0.3 is 15.4 Å². The molecule has 172 valence electrons. The van der Waals surface area contributed by atoms with Gasteiger partial charge in [-0.05, 0) is 42.0 Å². The van der Waals surface area contributed by atoms with E-state index in [1.54, 1.807) is 30.1 Å². The van der Waals surface area contributed by atoms with Crippen molar-refractivity contribution >= 4 is 29.3 Å². The molecule has 8 nitrogen and oxygen atoms in total. The number of rotatable bonds is 9. The number of aromatic nitrogens is 3. The number of nitrogens with one attached hydrogen (secondary N) is 2. The predicted octanol–water partition coefficient (Wildman–Crippen LogP) is 3.86. The van der Waals surface area contributed by atoms with Crippen molar-refractivity contribution in [2.45, 2.75) is 11.2 Å². The molecule has 0 fully saturated rings. The number of anilines is 1. The molecule has 4 rings (SSSR count). The van der Waals surface area contributed by atoms with Gasteiger partial charge in [0.25, 0.3) is 5.91 Å². The van der Waals surface area contributed by atoms with E-state index in [2.05, 4.69) is 20.8 Å². The minimum absolute atomic E-state index is 0.0663. The first kappa shape index (κ1) is 23.1. The molecule has 0 aliphatic rings. The van der Waals surface area contributed by atoms with E-state index in [1.165, 1.54) is 11.8 Å². The summed E-state index contributed by atoms with van der Waals surface area (Å²) in [6.07, 6.45) is 1.59. The van der Waals surface area contributed by atoms with Crippen LogP contribution in [0.3, 0.4) is 0 Å². The van der Waals surface area contributed by atoms with Crippen molar-refractivity contribution < 1.29 is 14.3 Å². The lowest BCUT2D eigenvalue weighted by Crippen LogP contribution is -2.37. The maximum Gasteiger partial charge on any atom is 0.251 e. The fourth-order valence-electron chi connectivity index (χ4n) is 3.26. The molecular formula is C25H23N5O3S. The van der Waals surface area contributed by atoms with Crippen LogP contribution in [-0.4, -0.2) is 39.4 Å². The van der Waals surface area contributed by atoms with Gasteiger partial charge in [-0.3, -0.25) is 14.2 Å². The Balaban J connectivity index is 1.43. The fraction of sp³-hybridized carbons (Fsp3) is 0.120. The van der Waals surface area contributed by atoms with Crippen LogP contribution >= 0.6 is 11.8 Å². The first-order valence-electron chi connectivity index (χ1n) is 10.5. The molecule has 1 unspecified atom stereocenters. The Kier molecular flexibility index (Phi) is 7.56. The highest BCUT2D eigenvalue weighted by molar-refractivity contribution is 7.99. The zero-order chi connectivity index (χ0) is 23.8. The third-order valence-corrected chi connectivity index (χ3v) is 5.88. The number of amides is 2. The summed E-state index contributed by atoms with van der Waals surface area (Å²) >= 11 is 1.23. The van der Waals surface area contributed by atoms with Crippen LogP contribution in [0.5, 0.6) is 5.75 Å². The fourth-order valence-corrected chi connectivity index (χ4v) is 4.00. The predicted molar refractivity (Wildman–Crippen MR) is 131 cm³/mol. The summed E-state index contributed by atoms with van der Waals surface area (Å²) in [6.45, 7) is 0. The van der Waals surface area contributed by atoms with E-state index in [9.17, 15) is 9.59 Å². The van der Waals surface area contributed by atoms with Gasteiger partial charge in [0, 0.05) is 11.4 Å². The number of methoxy groups -OCH3 is 1. The van der Waals surface area contributed by atoms with Crippen LogP contribution in [0.4, 0.5) is 5.69 Å². The van der Waals surface area contributed by atoms with Gasteiger partial charge in [-0.2, -0.15) is 0 Å².